The van der Waals surface area contributed by atoms with Gasteiger partial charge in [-0.3, -0.25) is 18.6 Å². The van der Waals surface area contributed by atoms with Gasteiger partial charge in [-0.2, -0.15) is 4.31 Å². The van der Waals surface area contributed by atoms with Crippen molar-refractivity contribution in [2.24, 2.45) is 5.92 Å². The van der Waals surface area contributed by atoms with E-state index >= 15 is 0 Å². The standard InChI is InChI=1S/C114H190N2O32P2/c1-72(2)35-20-36-73(3)37-21-38-74(4)39-22-40-75(5)41-23-42-76(6)43-24-44-77(7)45-25-46-78(8)47-26-48-79(9)49-27-50-80(10)51-28-52-81(11)53-29-54-82(12)55-30-56-83(13)57-31-58-84(14)59-32-60-85(15)61-33-62-86(16)63-34-64-87(17)65-66-138-149(133,134)148-150(135,136)147-111-96(116-89(19)122)101(127)107(93(70-120)142-111)144-110-95(115-88(18)121)100(126)108(92(69-119)141-110)145-114-106(132)109(146-113-105(131)103(129)98(124)91(68-118)140-113)99(125)94(143-114)71-137-112-104(130)102(128)97(123)90(67-117)139-112/h35,37,39,41,43,45,47,49,51,53,55,57,59,61,63,87,90-114,117-120,123-132H,20-34,36,38,40,42,44,46,48,50,52,54,56,58,60,62,64-71H2,1-19H3,(H,115,121)(H,116,122)(H,133,134)(H,135,136)/b73-37+,74-39+,75-41+,76-43+,77-45+,78-47+,79-49+,80-51+,81-53+,82-55+,83-57+,84-59+,85-61+,86-63+/t87?,90-,91-,92-,93-,94-,95-,96-,97-,98-,99-,100-,101-,102+,103+,104+,105+,106+,107-,108-,109+,110+,111+,112+,113-,114+/m1/s1. The van der Waals surface area contributed by atoms with E-state index in [2.05, 4.69) is 217 Å². The molecule has 2 amide bonds. The van der Waals surface area contributed by atoms with Gasteiger partial charge in [0.2, 0.25) is 11.8 Å². The second-order valence-corrected chi connectivity index (χ2v) is 45.4. The average molecular weight is 2160 g/mol. The monoisotopic (exact) mass is 2160 g/mol. The Bertz CT molecular complexity index is 4590. The lowest BCUT2D eigenvalue weighted by Crippen LogP contribution is -2.70. The highest BCUT2D eigenvalue weighted by Crippen LogP contribution is 2.62. The molecule has 0 aromatic rings. The molecule has 5 aliphatic heterocycles. The average Bonchev–Trinajstić information content (AvgIpc) is 0.763. The van der Waals surface area contributed by atoms with Gasteiger partial charge in [-0.1, -0.05) is 182 Å². The summed E-state index contributed by atoms with van der Waals surface area (Å²) < 4.78 is 93.7. The zero-order chi connectivity index (χ0) is 111. The molecule has 28 atom stereocenters. The first-order valence-corrected chi connectivity index (χ1v) is 57.1. The fourth-order valence-corrected chi connectivity index (χ4v) is 20.5. The minimum Gasteiger partial charge on any atom is -0.394 e. The first-order chi connectivity index (χ1) is 71.0. The van der Waals surface area contributed by atoms with Crippen molar-refractivity contribution in [2.45, 2.75) is 484 Å². The van der Waals surface area contributed by atoms with Gasteiger partial charge in [0.05, 0.1) is 39.6 Å². The van der Waals surface area contributed by atoms with Crippen molar-refractivity contribution in [1.29, 1.82) is 0 Å². The Kier molecular flexibility index (Phi) is 64.4. The van der Waals surface area contributed by atoms with Crippen molar-refractivity contribution in [2.75, 3.05) is 39.6 Å². The molecule has 3 unspecified atom stereocenters. The number of phosphoric acid groups is 2. The summed E-state index contributed by atoms with van der Waals surface area (Å²) in [5, 5.41) is 157. The molecule has 5 rings (SSSR count). The largest absolute Gasteiger partial charge is 0.483 e. The van der Waals surface area contributed by atoms with Crippen LogP contribution in [0.5, 0.6) is 0 Å². The lowest BCUT2D eigenvalue weighted by molar-refractivity contribution is -0.383. The minimum absolute atomic E-state index is 0.0537. The van der Waals surface area contributed by atoms with Crippen LogP contribution < -0.4 is 10.6 Å². The number of hydrogen-bond acceptors (Lipinski definition) is 30. The summed E-state index contributed by atoms with van der Waals surface area (Å²) in [6, 6.07) is -3.86. The van der Waals surface area contributed by atoms with Gasteiger partial charge >= 0.3 is 15.6 Å². The predicted octanol–water partition coefficient (Wildman–Crippen LogP) is 16.6. The Labute approximate surface area is 893 Å². The van der Waals surface area contributed by atoms with Crippen LogP contribution in [0, 0.1) is 5.92 Å². The lowest BCUT2D eigenvalue weighted by atomic mass is 9.94. The topological polar surface area (TPSA) is 527 Å². The third-order valence-electron chi connectivity index (χ3n) is 28.0. The molecule has 150 heavy (non-hydrogen) atoms. The molecule has 34 nitrogen and oxygen atoms in total. The van der Waals surface area contributed by atoms with E-state index in [0.29, 0.717) is 12.8 Å². The van der Waals surface area contributed by atoms with Crippen LogP contribution in [0.15, 0.2) is 175 Å². The maximum Gasteiger partial charge on any atom is 0.483 e. The second kappa shape index (κ2) is 71.7. The summed E-state index contributed by atoms with van der Waals surface area (Å²) in [4.78, 5) is 47.2. The molecule has 0 aromatic heterocycles. The summed E-state index contributed by atoms with van der Waals surface area (Å²) in [6.07, 6.45) is 22.3. The summed E-state index contributed by atoms with van der Waals surface area (Å²) in [6.45, 7) is 34.3. The van der Waals surface area contributed by atoms with Crippen LogP contribution in [0.1, 0.15) is 331 Å². The van der Waals surface area contributed by atoms with E-state index in [1.807, 2.05) is 6.92 Å². The zero-order valence-electron chi connectivity index (χ0n) is 92.9. The second-order valence-electron chi connectivity index (χ2n) is 42.4. The Morgan fingerprint density at radius 3 is 0.860 bits per heavy atom. The van der Waals surface area contributed by atoms with Crippen molar-refractivity contribution in [3.63, 3.8) is 0 Å². The van der Waals surface area contributed by atoms with Gasteiger partial charge in [0, 0.05) is 13.8 Å². The molecule has 0 aliphatic carbocycles. The van der Waals surface area contributed by atoms with Gasteiger partial charge in [0.25, 0.3) is 0 Å². The van der Waals surface area contributed by atoms with Crippen LogP contribution in [-0.2, 0) is 74.7 Å². The van der Waals surface area contributed by atoms with Gasteiger partial charge < -0.3 is 135 Å². The van der Waals surface area contributed by atoms with Crippen molar-refractivity contribution in [1.82, 2.24) is 10.6 Å². The van der Waals surface area contributed by atoms with Gasteiger partial charge in [-0.25, -0.2) is 9.13 Å². The first kappa shape index (κ1) is 135. The van der Waals surface area contributed by atoms with Crippen molar-refractivity contribution < 1.29 is 156 Å². The van der Waals surface area contributed by atoms with Crippen LogP contribution in [0.25, 0.3) is 0 Å². The zero-order valence-corrected chi connectivity index (χ0v) is 94.7. The number of rotatable bonds is 68. The minimum atomic E-state index is -5.82. The molecule has 5 aliphatic rings. The number of phosphoric ester groups is 2. The Hall–Kier alpha value is -5.62. The number of amides is 2. The highest BCUT2D eigenvalue weighted by molar-refractivity contribution is 7.61. The highest BCUT2D eigenvalue weighted by atomic mass is 31.3. The van der Waals surface area contributed by atoms with Gasteiger partial charge in [-0.15, -0.1) is 0 Å². The van der Waals surface area contributed by atoms with Crippen molar-refractivity contribution >= 4 is 27.5 Å². The molecule has 0 saturated carbocycles. The molecule has 0 aromatic carbocycles. The van der Waals surface area contributed by atoms with E-state index in [4.69, 9.17) is 51.7 Å². The van der Waals surface area contributed by atoms with Crippen LogP contribution in [-0.4, -0.2) is 286 Å². The number of carbonyl (C=O) groups is 2. The SMILES string of the molecule is CC(=O)N[C@H]1[C@H](O[C@H]2[C@H](O)[C@@H](NC(C)=O)[C@H](OP(=O)(O)OP(=O)(O)OCCC(C)CC/C=C(\C)CC/C=C(\C)CC/C=C(\C)CC/C=C(\C)CC/C=C(\C)CC/C=C(\C)CC/C=C(\C)CC/C=C(\C)CC/C=C(\C)CC/C=C(\C)CC/C=C(\C)CC/C=C(\C)CC/C=C(\C)CC/C=C(\C)CCC=C(C)C)O[C@@H]2CO)O[C@H](CO)[C@@H](O[C@@H]2O[C@H](CO[C@H]3O[C@H](CO)[C@@H](O)[C@H](O)[C@@H]3O)[C@@H](O)[C@H](O[C@H]3O[C@H](CO)[C@@H](O)[C@H](O)[C@@H]3O)[C@@H]2O)[C@@H]1O. The highest BCUT2D eigenvalue weighted by Gasteiger charge is 2.58. The molecule has 0 spiro atoms. The lowest BCUT2D eigenvalue weighted by Gasteiger charge is -2.50. The van der Waals surface area contributed by atoms with Crippen molar-refractivity contribution in [3.8, 4) is 0 Å². The Morgan fingerprint density at radius 1 is 0.287 bits per heavy atom. The molecule has 36 heteroatoms. The van der Waals surface area contributed by atoms with Crippen LogP contribution in [0.4, 0.5) is 0 Å². The predicted molar refractivity (Wildman–Crippen MR) is 580 cm³/mol. The maximum atomic E-state index is 13.6. The number of hydrogen-bond donors (Lipinski definition) is 18. The number of aliphatic hydroxyl groups excluding tert-OH is 14. The summed E-state index contributed by atoms with van der Waals surface area (Å²) in [5.41, 5.74) is 21.7. The summed E-state index contributed by atoms with van der Waals surface area (Å²) >= 11 is 0. The van der Waals surface area contributed by atoms with Gasteiger partial charge in [-0.05, 0) is 316 Å². The molecule has 0 bridgehead atoms. The number of carbonyl (C=O) groups excluding carboxylic acids is 2. The number of allylic oxidation sites excluding steroid dienone is 30. The molecule has 0 radical (unpaired) electrons. The van der Waals surface area contributed by atoms with E-state index in [1.165, 1.54) is 90.0 Å². The van der Waals surface area contributed by atoms with Crippen LogP contribution >= 0.6 is 15.6 Å². The molecule has 18 N–H and O–H groups in total. The van der Waals surface area contributed by atoms with E-state index in [1.54, 1.807) is 0 Å². The normalized spacial score (nSPS) is 30.1. The van der Waals surface area contributed by atoms with E-state index in [9.17, 15) is 100.0 Å². The molecule has 5 heterocycles. The quantitative estimate of drug-likeness (QED) is 0.0199. The maximum absolute atomic E-state index is 13.6. The fraction of sp³-hybridized carbons (Fsp3) is 0.719. The third-order valence-corrected chi connectivity index (χ3v) is 30.7. The molecule has 5 fully saturated rings. The first-order valence-electron chi connectivity index (χ1n) is 54.2. The molecular weight excluding hydrogens is 1970 g/mol. The van der Waals surface area contributed by atoms with Gasteiger partial charge in [0.1, 0.15) is 122 Å². The Morgan fingerprint density at radius 2 is 0.547 bits per heavy atom. The molecular formula is C114H190N2O32P2. The number of aliphatic hydroxyl groups is 14. The van der Waals surface area contributed by atoms with Gasteiger partial charge in [0.15, 0.2) is 31.5 Å². The third kappa shape index (κ3) is 51.4. The summed E-state index contributed by atoms with van der Waals surface area (Å²) in [5.74, 6) is -1.89. The van der Waals surface area contributed by atoms with E-state index in [-0.39, 0.29) is 12.3 Å². The molecule has 858 valence electrons. The Balaban J connectivity index is 0.955. The van der Waals surface area contributed by atoms with E-state index < -0.39 is 221 Å². The summed E-state index contributed by atoms with van der Waals surface area (Å²) in [7, 11) is -11.3. The smallest absolute Gasteiger partial charge is 0.394 e. The number of nitrogens with one attached hydrogen (secondary N) is 2. The fourth-order valence-electron chi connectivity index (χ4n) is 18.4. The molecule has 5 saturated heterocycles. The van der Waals surface area contributed by atoms with E-state index in [0.717, 1.165) is 187 Å². The number of ether oxygens (including phenoxy) is 9. The van der Waals surface area contributed by atoms with Crippen LogP contribution in [0.2, 0.25) is 0 Å². The van der Waals surface area contributed by atoms with Crippen LogP contribution in [0.3, 0.4) is 0 Å². The van der Waals surface area contributed by atoms with Crippen molar-refractivity contribution in [3.05, 3.63) is 175 Å².